The van der Waals surface area contributed by atoms with Gasteiger partial charge in [0.2, 0.25) is 0 Å². The van der Waals surface area contributed by atoms with Crippen molar-refractivity contribution >= 4 is 17.5 Å². The van der Waals surface area contributed by atoms with Gasteiger partial charge in [-0.2, -0.15) is 0 Å². The fourth-order valence-corrected chi connectivity index (χ4v) is 8.30. The van der Waals surface area contributed by atoms with Crippen LogP contribution < -0.4 is 0 Å². The van der Waals surface area contributed by atoms with E-state index in [4.69, 9.17) is 4.74 Å². The van der Waals surface area contributed by atoms with E-state index in [1.165, 1.54) is 5.57 Å². The summed E-state index contributed by atoms with van der Waals surface area (Å²) in [6.45, 7) is 4.65. The molecular formula is C30H38O4. The van der Waals surface area contributed by atoms with Crippen LogP contribution in [0.3, 0.4) is 0 Å². The number of ketones is 2. The summed E-state index contributed by atoms with van der Waals surface area (Å²) in [6.07, 6.45) is 11.0. The number of ether oxygens (including phenoxy) is 1. The Morgan fingerprint density at radius 1 is 0.971 bits per heavy atom. The Morgan fingerprint density at radius 2 is 1.76 bits per heavy atom. The SMILES string of the molecule is C[C@]12CC[C@@H]3[C@H](CCC4=CC(=O)CC[C@@]43C)[C@@H]1CC[C@H]2C(=O)COC(=O)CCc1ccccc1. The Morgan fingerprint density at radius 3 is 2.56 bits per heavy atom. The Hall–Kier alpha value is -2.23. The average Bonchev–Trinajstić information content (AvgIpc) is 3.19. The summed E-state index contributed by atoms with van der Waals surface area (Å²) in [5.41, 5.74) is 2.67. The Balaban J connectivity index is 1.20. The highest BCUT2D eigenvalue weighted by Gasteiger charge is 2.60. The lowest BCUT2D eigenvalue weighted by Crippen LogP contribution is -2.51. The lowest BCUT2D eigenvalue weighted by atomic mass is 9.46. The van der Waals surface area contributed by atoms with Crippen molar-refractivity contribution in [1.82, 2.24) is 0 Å². The number of hydrogen-bond donors (Lipinski definition) is 0. The molecule has 3 fully saturated rings. The third kappa shape index (κ3) is 4.07. The molecule has 0 N–H and O–H groups in total. The zero-order valence-electron chi connectivity index (χ0n) is 20.7. The molecule has 34 heavy (non-hydrogen) atoms. The zero-order valence-corrected chi connectivity index (χ0v) is 20.7. The van der Waals surface area contributed by atoms with Crippen LogP contribution in [0.15, 0.2) is 42.0 Å². The van der Waals surface area contributed by atoms with Gasteiger partial charge in [0.15, 0.2) is 11.6 Å². The van der Waals surface area contributed by atoms with Crippen molar-refractivity contribution in [2.75, 3.05) is 6.61 Å². The summed E-state index contributed by atoms with van der Waals surface area (Å²) in [6, 6.07) is 9.90. The van der Waals surface area contributed by atoms with Crippen molar-refractivity contribution in [3.05, 3.63) is 47.5 Å². The number of fused-ring (bicyclic) bond motifs is 5. The van der Waals surface area contributed by atoms with E-state index in [0.717, 1.165) is 50.5 Å². The molecule has 4 heteroatoms. The van der Waals surface area contributed by atoms with E-state index in [0.29, 0.717) is 42.8 Å². The van der Waals surface area contributed by atoms with Gasteiger partial charge < -0.3 is 4.74 Å². The first-order valence-corrected chi connectivity index (χ1v) is 13.3. The minimum absolute atomic E-state index is 0.00180. The van der Waals surface area contributed by atoms with Gasteiger partial charge in [0.05, 0.1) is 0 Å². The van der Waals surface area contributed by atoms with Crippen LogP contribution in [-0.2, 0) is 25.5 Å². The van der Waals surface area contributed by atoms with E-state index >= 15 is 0 Å². The monoisotopic (exact) mass is 462 g/mol. The van der Waals surface area contributed by atoms with Crippen LogP contribution in [0.1, 0.15) is 77.2 Å². The Kier molecular flexibility index (Phi) is 6.29. The molecule has 0 radical (unpaired) electrons. The molecule has 0 bridgehead atoms. The van der Waals surface area contributed by atoms with Gasteiger partial charge in [-0.3, -0.25) is 14.4 Å². The topological polar surface area (TPSA) is 60.4 Å². The molecular weight excluding hydrogens is 424 g/mol. The molecule has 1 aromatic carbocycles. The highest BCUT2D eigenvalue weighted by atomic mass is 16.5. The maximum atomic E-state index is 13.2. The maximum absolute atomic E-state index is 13.2. The molecule has 3 saturated carbocycles. The van der Waals surface area contributed by atoms with Crippen LogP contribution in [0.2, 0.25) is 0 Å². The van der Waals surface area contributed by atoms with Gasteiger partial charge in [0.1, 0.15) is 6.61 Å². The number of rotatable bonds is 6. The van der Waals surface area contributed by atoms with Crippen LogP contribution in [-0.4, -0.2) is 24.1 Å². The highest BCUT2D eigenvalue weighted by Crippen LogP contribution is 2.66. The molecule has 4 aliphatic rings. The maximum Gasteiger partial charge on any atom is 0.306 e. The number of hydrogen-bond acceptors (Lipinski definition) is 4. The van der Waals surface area contributed by atoms with E-state index in [9.17, 15) is 14.4 Å². The smallest absolute Gasteiger partial charge is 0.306 e. The highest BCUT2D eigenvalue weighted by molar-refractivity contribution is 5.91. The molecule has 0 amide bonds. The average molecular weight is 463 g/mol. The predicted molar refractivity (Wildman–Crippen MR) is 131 cm³/mol. The van der Waals surface area contributed by atoms with Crippen molar-refractivity contribution in [2.24, 2.45) is 34.5 Å². The first-order chi connectivity index (χ1) is 16.3. The van der Waals surface area contributed by atoms with E-state index in [1.54, 1.807) is 0 Å². The quantitative estimate of drug-likeness (QED) is 0.495. The Bertz CT molecular complexity index is 994. The molecule has 4 nitrogen and oxygen atoms in total. The number of Topliss-reactive ketones (excluding diaryl/α,β-unsaturated/α-hetero) is 1. The Labute approximate surface area is 203 Å². The molecule has 0 spiro atoms. The fraction of sp³-hybridized carbons (Fsp3) is 0.633. The molecule has 0 heterocycles. The van der Waals surface area contributed by atoms with Crippen molar-refractivity contribution < 1.29 is 19.1 Å². The van der Waals surface area contributed by atoms with Crippen LogP contribution in [0.25, 0.3) is 0 Å². The molecule has 5 rings (SSSR count). The largest absolute Gasteiger partial charge is 0.458 e. The molecule has 0 aromatic heterocycles. The molecule has 182 valence electrons. The van der Waals surface area contributed by atoms with Crippen LogP contribution in [0.4, 0.5) is 0 Å². The molecule has 1 aromatic rings. The van der Waals surface area contributed by atoms with Crippen LogP contribution in [0, 0.1) is 34.5 Å². The fourth-order valence-electron chi connectivity index (χ4n) is 8.30. The van der Waals surface area contributed by atoms with Gasteiger partial charge >= 0.3 is 5.97 Å². The lowest BCUT2D eigenvalue weighted by Gasteiger charge is -2.58. The van der Waals surface area contributed by atoms with Crippen molar-refractivity contribution in [2.45, 2.75) is 78.1 Å². The molecule has 0 unspecified atom stereocenters. The van der Waals surface area contributed by atoms with Gasteiger partial charge in [-0.05, 0) is 91.6 Å². The zero-order chi connectivity index (χ0) is 23.9. The van der Waals surface area contributed by atoms with Crippen molar-refractivity contribution in [3.8, 4) is 0 Å². The van der Waals surface area contributed by atoms with Crippen molar-refractivity contribution in [3.63, 3.8) is 0 Å². The van der Waals surface area contributed by atoms with Crippen molar-refractivity contribution in [1.29, 1.82) is 0 Å². The second-order valence-corrected chi connectivity index (χ2v) is 11.8. The number of allylic oxidation sites excluding steroid dienone is 1. The molecule has 0 aliphatic heterocycles. The third-order valence-electron chi connectivity index (χ3n) is 10.2. The normalized spacial score (nSPS) is 36.6. The summed E-state index contributed by atoms with van der Waals surface area (Å²) >= 11 is 0. The van der Waals surface area contributed by atoms with E-state index < -0.39 is 0 Å². The second kappa shape index (κ2) is 9.09. The number of esters is 1. The minimum Gasteiger partial charge on any atom is -0.458 e. The van der Waals surface area contributed by atoms with E-state index in [-0.39, 0.29) is 35.1 Å². The first-order valence-electron chi connectivity index (χ1n) is 13.3. The summed E-state index contributed by atoms with van der Waals surface area (Å²) in [5, 5.41) is 0. The van der Waals surface area contributed by atoms with Gasteiger partial charge in [-0.1, -0.05) is 49.8 Å². The summed E-state index contributed by atoms with van der Waals surface area (Å²) in [5.74, 6) is 1.96. The van der Waals surface area contributed by atoms with Gasteiger partial charge in [-0.15, -0.1) is 0 Å². The van der Waals surface area contributed by atoms with Gasteiger partial charge in [0, 0.05) is 18.8 Å². The summed E-state index contributed by atoms with van der Waals surface area (Å²) < 4.78 is 5.44. The summed E-state index contributed by atoms with van der Waals surface area (Å²) in [4.78, 5) is 37.6. The van der Waals surface area contributed by atoms with Gasteiger partial charge in [0.25, 0.3) is 0 Å². The molecule has 0 saturated heterocycles. The lowest BCUT2D eigenvalue weighted by molar-refractivity contribution is -0.151. The number of benzene rings is 1. The molecule has 4 aliphatic carbocycles. The predicted octanol–water partition coefficient (Wildman–Crippen LogP) is 5.88. The van der Waals surface area contributed by atoms with Crippen LogP contribution in [0.5, 0.6) is 0 Å². The minimum atomic E-state index is -0.285. The molecule has 6 atom stereocenters. The second-order valence-electron chi connectivity index (χ2n) is 11.8. The van der Waals surface area contributed by atoms with E-state index in [2.05, 4.69) is 13.8 Å². The van der Waals surface area contributed by atoms with Crippen LogP contribution >= 0.6 is 0 Å². The first kappa shape index (κ1) is 23.5. The number of carbonyl (C=O) groups is 3. The number of carbonyl (C=O) groups excluding carboxylic acids is 3. The third-order valence-corrected chi connectivity index (χ3v) is 10.2. The van der Waals surface area contributed by atoms with Gasteiger partial charge in [-0.25, -0.2) is 0 Å². The number of aryl methyl sites for hydroxylation is 1. The standard InChI is InChI=1S/C30H38O4/c1-29-16-14-22(31)18-21(29)9-10-23-24-11-12-26(30(24,2)17-15-25(23)29)27(32)19-34-28(33)13-8-20-6-4-3-5-7-20/h3-7,18,23-26H,8-17,19H2,1-2H3/t23-,24+,25-,26+,29+,30+/m1/s1. The van der Waals surface area contributed by atoms with E-state index in [1.807, 2.05) is 36.4 Å². The summed E-state index contributed by atoms with van der Waals surface area (Å²) in [7, 11) is 0.